The fraction of sp³-hybridized carbons (Fsp3) is 0.483. The molecule has 3 aliphatic rings. The molecule has 3 aliphatic heterocycles. The number of nitrogens with zero attached hydrogens (tertiary/aromatic N) is 7. The van der Waals surface area contributed by atoms with Crippen LogP contribution in [0.1, 0.15) is 35.8 Å². The Balaban J connectivity index is 1.32. The number of likely N-dealkylation sites (N-methyl/N-ethyl adjacent to an activating group) is 1. The molecule has 6 rings (SSSR count). The van der Waals surface area contributed by atoms with Gasteiger partial charge in [-0.15, -0.1) is 0 Å². The standard InChI is InChI=1S/C29H33FN8O3S/c1-17(30)27(39)38-11-10-37(14-19(38)13-32-2)26-21-16-40-23(20-7-4-8-24-25(20)34-28(31)42-24)12-22(21)33-29(35-26)41-15-18-6-5-9-36(18)3/h4,7-8,18-19,23H,1,5-6,9-16H2,3H3,(H2,31,34)/t18-,19-,23?/m0/s1. The van der Waals surface area contributed by atoms with E-state index >= 15 is 0 Å². The van der Waals surface area contributed by atoms with Crippen LogP contribution in [0.5, 0.6) is 6.01 Å². The first-order valence-electron chi connectivity index (χ1n) is 14.0. The van der Waals surface area contributed by atoms with Crippen LogP contribution in [0.2, 0.25) is 0 Å². The van der Waals surface area contributed by atoms with Crippen LogP contribution in [-0.4, -0.2) is 89.1 Å². The Morgan fingerprint density at radius 2 is 2.14 bits per heavy atom. The molecule has 220 valence electrons. The zero-order chi connectivity index (χ0) is 29.4. The maximum Gasteiger partial charge on any atom is 0.318 e. The summed E-state index contributed by atoms with van der Waals surface area (Å²) in [5.41, 5.74) is 9.47. The van der Waals surface area contributed by atoms with Gasteiger partial charge in [-0.1, -0.05) is 30.0 Å². The lowest BCUT2D eigenvalue weighted by molar-refractivity contribution is -0.131. The molecular weight excluding hydrogens is 559 g/mol. The third-order valence-corrected chi connectivity index (χ3v) is 9.17. The minimum atomic E-state index is -1.03. The number of thiazole rings is 1. The maximum atomic E-state index is 13.8. The van der Waals surface area contributed by atoms with E-state index in [1.807, 2.05) is 23.1 Å². The first kappa shape index (κ1) is 28.3. The molecule has 13 heteroatoms. The summed E-state index contributed by atoms with van der Waals surface area (Å²) in [4.78, 5) is 35.9. The van der Waals surface area contributed by atoms with Crippen LogP contribution in [0.25, 0.3) is 15.1 Å². The van der Waals surface area contributed by atoms with Gasteiger partial charge in [0.1, 0.15) is 18.5 Å². The zero-order valence-corrected chi connectivity index (χ0v) is 24.3. The molecule has 0 aliphatic carbocycles. The summed E-state index contributed by atoms with van der Waals surface area (Å²) in [5.74, 6) is -1.15. The maximum absolute atomic E-state index is 13.8. The van der Waals surface area contributed by atoms with Gasteiger partial charge in [-0.05, 0) is 32.5 Å². The molecule has 5 heterocycles. The fourth-order valence-corrected chi connectivity index (χ4v) is 6.86. The van der Waals surface area contributed by atoms with Crippen molar-refractivity contribution in [2.45, 2.75) is 44.1 Å². The molecule has 1 amide bonds. The first-order chi connectivity index (χ1) is 20.3. The van der Waals surface area contributed by atoms with E-state index in [2.05, 4.69) is 28.4 Å². The Labute approximate surface area is 247 Å². The second-order valence-electron chi connectivity index (χ2n) is 10.9. The van der Waals surface area contributed by atoms with Crippen molar-refractivity contribution >= 4 is 38.4 Å². The number of hydrogen-bond acceptors (Lipinski definition) is 10. The second-order valence-corrected chi connectivity index (χ2v) is 12.0. The van der Waals surface area contributed by atoms with Crippen LogP contribution in [-0.2, 0) is 22.6 Å². The molecule has 1 aromatic carbocycles. The number of halogens is 1. The Morgan fingerprint density at radius 1 is 1.29 bits per heavy atom. The third-order valence-electron chi connectivity index (χ3n) is 8.33. The predicted molar refractivity (Wildman–Crippen MR) is 158 cm³/mol. The van der Waals surface area contributed by atoms with Gasteiger partial charge in [-0.2, -0.15) is 9.97 Å². The molecule has 2 fully saturated rings. The number of carbonyl (C=O) groups excluding carboxylic acids is 1. The van der Waals surface area contributed by atoms with Crippen molar-refractivity contribution in [3.8, 4) is 6.01 Å². The van der Waals surface area contributed by atoms with Gasteiger partial charge in [0.05, 0.1) is 28.6 Å². The average molecular weight is 593 g/mol. The van der Waals surface area contributed by atoms with Crippen LogP contribution < -0.4 is 15.4 Å². The lowest BCUT2D eigenvalue weighted by Gasteiger charge is -2.40. The van der Waals surface area contributed by atoms with Crippen LogP contribution in [0.15, 0.2) is 30.6 Å². The minimum Gasteiger partial charge on any atom is -0.462 e. The number of anilines is 2. The van der Waals surface area contributed by atoms with E-state index in [0.29, 0.717) is 43.1 Å². The SMILES string of the molecule is [C-]#[N+]C[C@H]1CN(c2nc(OC[C@@H]3CCCN3C)nc3c2COC(c2cccc4sc(N)nc24)C3)CCN1C(=O)C(=C)F. The summed E-state index contributed by atoms with van der Waals surface area (Å²) in [6, 6.07) is 6.07. The smallest absolute Gasteiger partial charge is 0.318 e. The summed E-state index contributed by atoms with van der Waals surface area (Å²) >= 11 is 1.44. The number of likely N-dealkylation sites (tertiary alicyclic amines) is 1. The van der Waals surface area contributed by atoms with Crippen LogP contribution in [0.3, 0.4) is 0 Å². The number of piperazine rings is 1. The van der Waals surface area contributed by atoms with E-state index < -0.39 is 17.8 Å². The number of benzene rings is 1. The van der Waals surface area contributed by atoms with Crippen molar-refractivity contribution < 1.29 is 18.7 Å². The Kier molecular flexibility index (Phi) is 7.94. The molecule has 0 radical (unpaired) electrons. The predicted octanol–water partition coefficient (Wildman–Crippen LogP) is 3.38. The van der Waals surface area contributed by atoms with Gasteiger partial charge in [0, 0.05) is 43.2 Å². The topological polar surface area (TPSA) is 114 Å². The van der Waals surface area contributed by atoms with Crippen molar-refractivity contribution in [1.29, 1.82) is 0 Å². The molecule has 3 aromatic rings. The number of para-hydroxylation sites is 1. The molecule has 42 heavy (non-hydrogen) atoms. The third kappa shape index (κ3) is 5.49. The number of carbonyl (C=O) groups is 1. The fourth-order valence-electron chi connectivity index (χ4n) is 6.10. The molecular formula is C29H33FN8O3S. The highest BCUT2D eigenvalue weighted by Gasteiger charge is 2.37. The molecule has 0 saturated carbocycles. The second kappa shape index (κ2) is 11.8. The normalized spacial score (nSPS) is 22.6. The van der Waals surface area contributed by atoms with Crippen molar-refractivity contribution in [3.05, 3.63) is 58.8 Å². The van der Waals surface area contributed by atoms with Gasteiger partial charge in [-0.25, -0.2) is 15.9 Å². The van der Waals surface area contributed by atoms with Crippen LogP contribution in [0, 0.1) is 6.57 Å². The highest BCUT2D eigenvalue weighted by atomic mass is 32.1. The number of aromatic nitrogens is 3. The quantitative estimate of drug-likeness (QED) is 0.326. The summed E-state index contributed by atoms with van der Waals surface area (Å²) in [6.07, 6.45) is 2.40. The lowest BCUT2D eigenvalue weighted by atomic mass is 9.98. The molecule has 1 unspecified atom stereocenters. The molecule has 2 N–H and O–H groups in total. The van der Waals surface area contributed by atoms with Gasteiger partial charge < -0.3 is 34.8 Å². The van der Waals surface area contributed by atoms with Crippen LogP contribution >= 0.6 is 11.3 Å². The number of amides is 1. The van der Waals surface area contributed by atoms with Gasteiger partial charge >= 0.3 is 6.01 Å². The zero-order valence-electron chi connectivity index (χ0n) is 23.5. The summed E-state index contributed by atoms with van der Waals surface area (Å²) in [7, 11) is 2.10. The highest BCUT2D eigenvalue weighted by molar-refractivity contribution is 7.22. The largest absolute Gasteiger partial charge is 0.462 e. The highest BCUT2D eigenvalue weighted by Crippen LogP contribution is 2.39. The summed E-state index contributed by atoms with van der Waals surface area (Å²) in [6.45, 7) is 13.4. The van der Waals surface area contributed by atoms with Crippen molar-refractivity contribution in [3.63, 3.8) is 0 Å². The van der Waals surface area contributed by atoms with Crippen LogP contribution in [0.4, 0.5) is 15.3 Å². The van der Waals surface area contributed by atoms with E-state index in [9.17, 15) is 9.18 Å². The number of ether oxygens (including phenoxy) is 2. The van der Waals surface area contributed by atoms with Gasteiger partial charge in [0.15, 0.2) is 11.0 Å². The first-order valence-corrected chi connectivity index (χ1v) is 14.9. The Morgan fingerprint density at radius 3 is 2.90 bits per heavy atom. The number of nitrogen functional groups attached to an aromatic ring is 1. The minimum absolute atomic E-state index is 0.0412. The van der Waals surface area contributed by atoms with Gasteiger partial charge in [0.2, 0.25) is 6.54 Å². The molecule has 0 bridgehead atoms. The van der Waals surface area contributed by atoms with Gasteiger partial charge in [0.25, 0.3) is 5.91 Å². The monoisotopic (exact) mass is 592 g/mol. The molecule has 11 nitrogen and oxygen atoms in total. The van der Waals surface area contributed by atoms with E-state index in [1.54, 1.807) is 0 Å². The van der Waals surface area contributed by atoms with Gasteiger partial charge in [-0.3, -0.25) is 4.79 Å². The molecule has 2 aromatic heterocycles. The van der Waals surface area contributed by atoms with Crippen molar-refractivity contribution in [1.82, 2.24) is 24.8 Å². The van der Waals surface area contributed by atoms with E-state index in [1.165, 1.54) is 16.2 Å². The summed E-state index contributed by atoms with van der Waals surface area (Å²) < 4.78 is 27.4. The molecule has 0 spiro atoms. The number of fused-ring (bicyclic) bond motifs is 2. The Bertz CT molecular complexity index is 1560. The number of rotatable bonds is 7. The van der Waals surface area contributed by atoms with Crippen molar-refractivity contribution in [2.75, 3.05) is 57.0 Å². The molecule has 2 saturated heterocycles. The Hall–Kier alpha value is -3.86. The number of nitrogens with two attached hydrogens (primary N) is 1. The average Bonchev–Trinajstić information content (AvgIpc) is 3.58. The number of hydrogen-bond donors (Lipinski definition) is 1. The molecule has 3 atom stereocenters. The lowest BCUT2D eigenvalue weighted by Crippen LogP contribution is -2.57. The van der Waals surface area contributed by atoms with E-state index in [4.69, 9.17) is 31.7 Å². The van der Waals surface area contributed by atoms with Crippen molar-refractivity contribution in [2.24, 2.45) is 0 Å². The summed E-state index contributed by atoms with van der Waals surface area (Å²) in [5, 5.41) is 0.508. The van der Waals surface area contributed by atoms with E-state index in [-0.39, 0.29) is 31.8 Å². The van der Waals surface area contributed by atoms with E-state index in [0.717, 1.165) is 46.4 Å².